The van der Waals surface area contributed by atoms with Gasteiger partial charge in [0.25, 0.3) is 0 Å². The molecule has 1 aliphatic rings. The van der Waals surface area contributed by atoms with Gasteiger partial charge in [0.15, 0.2) is 0 Å². The van der Waals surface area contributed by atoms with Crippen molar-refractivity contribution >= 4 is 25.8 Å². The molecule has 1 saturated heterocycles. The zero-order valence-electron chi connectivity index (χ0n) is 12.4. The molecule has 2 unspecified atom stereocenters. The third-order valence-electron chi connectivity index (χ3n) is 4.00. The van der Waals surface area contributed by atoms with E-state index >= 15 is 0 Å². The first-order valence-electron chi connectivity index (χ1n) is 7.26. The zero-order chi connectivity index (χ0) is 16.2. The Bertz CT molecular complexity index is 605. The second kappa shape index (κ2) is 7.33. The lowest BCUT2D eigenvalue weighted by Crippen LogP contribution is -2.48. The first-order chi connectivity index (χ1) is 10.4. The Morgan fingerprint density at radius 2 is 2.05 bits per heavy atom. The van der Waals surface area contributed by atoms with E-state index in [0.29, 0.717) is 6.54 Å². The molecule has 0 aliphatic carbocycles. The molecule has 1 aromatic rings. The number of rotatable bonds is 4. The lowest BCUT2D eigenvalue weighted by Gasteiger charge is -2.38. The van der Waals surface area contributed by atoms with Crippen molar-refractivity contribution in [3.8, 4) is 0 Å². The lowest BCUT2D eigenvalue weighted by molar-refractivity contribution is 0.0580. The van der Waals surface area contributed by atoms with Gasteiger partial charge >= 0.3 is 6.09 Å². The smallest absolute Gasteiger partial charge is 0.410 e. The second-order valence-electron chi connectivity index (χ2n) is 5.58. The molecule has 0 spiro atoms. The van der Waals surface area contributed by atoms with Gasteiger partial charge in [-0.1, -0.05) is 30.3 Å². The summed E-state index contributed by atoms with van der Waals surface area (Å²) in [6.45, 7) is 2.63. The minimum atomic E-state index is -3.57. The predicted octanol–water partition coefficient (Wildman–Crippen LogP) is 2.99. The number of amides is 1. The summed E-state index contributed by atoms with van der Waals surface area (Å²) in [6.07, 6.45) is 1.09. The Labute approximate surface area is 135 Å². The van der Waals surface area contributed by atoms with E-state index < -0.39 is 15.1 Å². The summed E-state index contributed by atoms with van der Waals surface area (Å²) in [5.74, 6) is -0.265. The van der Waals surface area contributed by atoms with Crippen LogP contribution >= 0.6 is 10.7 Å². The van der Waals surface area contributed by atoms with Gasteiger partial charge in [-0.25, -0.2) is 13.2 Å². The molecule has 5 nitrogen and oxygen atoms in total. The molecule has 1 amide bonds. The molecule has 1 heterocycles. The molecule has 0 aromatic heterocycles. The van der Waals surface area contributed by atoms with Gasteiger partial charge in [0.2, 0.25) is 9.05 Å². The van der Waals surface area contributed by atoms with E-state index in [1.807, 2.05) is 37.3 Å². The topological polar surface area (TPSA) is 63.7 Å². The van der Waals surface area contributed by atoms with Crippen molar-refractivity contribution in [3.05, 3.63) is 35.9 Å². The molecule has 2 rings (SSSR count). The molecule has 2 atom stereocenters. The first-order valence-corrected chi connectivity index (χ1v) is 9.74. The van der Waals surface area contributed by atoms with Crippen molar-refractivity contribution in [1.82, 2.24) is 4.90 Å². The van der Waals surface area contributed by atoms with Gasteiger partial charge < -0.3 is 9.64 Å². The van der Waals surface area contributed by atoms with Crippen LogP contribution in [0.1, 0.15) is 25.3 Å². The van der Waals surface area contributed by atoms with Crippen LogP contribution in [0, 0.1) is 5.92 Å². The number of hydrogen-bond acceptors (Lipinski definition) is 4. The summed E-state index contributed by atoms with van der Waals surface area (Å²) in [5, 5.41) is 0. The molecule has 0 bridgehead atoms. The fraction of sp³-hybridized carbons (Fsp3) is 0.533. The highest BCUT2D eigenvalue weighted by molar-refractivity contribution is 8.13. The van der Waals surface area contributed by atoms with Gasteiger partial charge in [-0.05, 0) is 31.2 Å². The van der Waals surface area contributed by atoms with Crippen molar-refractivity contribution in [3.63, 3.8) is 0 Å². The molecule has 0 saturated carbocycles. The van der Waals surface area contributed by atoms with Crippen molar-refractivity contribution in [2.75, 3.05) is 12.3 Å². The normalized spacial score (nSPS) is 22.4. The van der Waals surface area contributed by atoms with E-state index in [-0.39, 0.29) is 24.3 Å². The van der Waals surface area contributed by atoms with E-state index in [9.17, 15) is 13.2 Å². The second-order valence-corrected chi connectivity index (χ2v) is 8.40. The van der Waals surface area contributed by atoms with E-state index in [4.69, 9.17) is 15.4 Å². The maximum absolute atomic E-state index is 12.2. The average Bonchev–Trinajstić information content (AvgIpc) is 2.47. The van der Waals surface area contributed by atoms with Crippen LogP contribution in [-0.2, 0) is 20.4 Å². The van der Waals surface area contributed by atoms with Crippen LogP contribution in [-0.4, -0.2) is 37.8 Å². The van der Waals surface area contributed by atoms with Crippen LogP contribution in [0.15, 0.2) is 30.3 Å². The number of carbonyl (C=O) groups excluding carboxylic acids is 1. The number of ether oxygens (including phenoxy) is 1. The third kappa shape index (κ3) is 4.88. The summed E-state index contributed by atoms with van der Waals surface area (Å²) < 4.78 is 27.8. The molecule has 1 fully saturated rings. The Morgan fingerprint density at radius 1 is 1.36 bits per heavy atom. The van der Waals surface area contributed by atoms with Crippen molar-refractivity contribution in [2.24, 2.45) is 5.92 Å². The van der Waals surface area contributed by atoms with Crippen LogP contribution < -0.4 is 0 Å². The summed E-state index contributed by atoms with van der Waals surface area (Å²) in [4.78, 5) is 13.8. The van der Waals surface area contributed by atoms with Crippen LogP contribution in [0.5, 0.6) is 0 Å². The Morgan fingerprint density at radius 3 is 2.68 bits per heavy atom. The highest BCUT2D eigenvalue weighted by atomic mass is 35.7. The molecule has 22 heavy (non-hydrogen) atoms. The number of piperidine rings is 1. The van der Waals surface area contributed by atoms with Gasteiger partial charge in [-0.2, -0.15) is 0 Å². The Balaban J connectivity index is 1.94. The van der Waals surface area contributed by atoms with E-state index in [0.717, 1.165) is 18.4 Å². The maximum atomic E-state index is 12.2. The number of hydrogen-bond donors (Lipinski definition) is 0. The average molecular weight is 346 g/mol. The number of nitrogens with zero attached hydrogens (tertiary/aromatic N) is 1. The minimum Gasteiger partial charge on any atom is -0.445 e. The molecular formula is C15H20ClNO4S. The monoisotopic (exact) mass is 345 g/mol. The number of likely N-dealkylation sites (tertiary alicyclic amines) is 1. The molecule has 122 valence electrons. The number of halogens is 1. The SMILES string of the molecule is CC1C(CS(=O)(=O)Cl)CCCN1C(=O)OCc1ccccc1. The lowest BCUT2D eigenvalue weighted by atomic mass is 9.92. The van der Waals surface area contributed by atoms with Crippen LogP contribution in [0.2, 0.25) is 0 Å². The minimum absolute atomic E-state index is 0.113. The molecule has 1 aliphatic heterocycles. The summed E-state index contributed by atoms with van der Waals surface area (Å²) >= 11 is 0. The van der Waals surface area contributed by atoms with Crippen LogP contribution in [0.4, 0.5) is 4.79 Å². The fourth-order valence-electron chi connectivity index (χ4n) is 2.76. The first kappa shape index (κ1) is 17.1. The van der Waals surface area contributed by atoms with Gasteiger partial charge in [-0.3, -0.25) is 0 Å². The Kier molecular flexibility index (Phi) is 5.69. The van der Waals surface area contributed by atoms with E-state index in [2.05, 4.69) is 0 Å². The standard InChI is InChI=1S/C15H20ClNO4S/c1-12-14(11-22(16,19)20)8-5-9-17(12)15(18)21-10-13-6-3-2-4-7-13/h2-4,6-7,12,14H,5,8-11H2,1H3. The Hall–Kier alpha value is -1.27. The molecule has 0 N–H and O–H groups in total. The van der Waals surface area contributed by atoms with Gasteiger partial charge in [0.05, 0.1) is 5.75 Å². The van der Waals surface area contributed by atoms with Gasteiger partial charge in [-0.15, -0.1) is 0 Å². The molecule has 7 heteroatoms. The predicted molar refractivity (Wildman–Crippen MR) is 85.2 cm³/mol. The maximum Gasteiger partial charge on any atom is 0.410 e. The molecule has 0 radical (unpaired) electrons. The number of benzene rings is 1. The summed E-state index contributed by atoms with van der Waals surface area (Å²) in [5.41, 5.74) is 0.917. The van der Waals surface area contributed by atoms with Crippen molar-refractivity contribution in [1.29, 1.82) is 0 Å². The van der Waals surface area contributed by atoms with Gasteiger partial charge in [0, 0.05) is 23.3 Å². The largest absolute Gasteiger partial charge is 0.445 e. The number of carbonyl (C=O) groups is 1. The highest BCUT2D eigenvalue weighted by Crippen LogP contribution is 2.26. The van der Waals surface area contributed by atoms with Crippen molar-refractivity contribution < 1.29 is 17.9 Å². The van der Waals surface area contributed by atoms with Gasteiger partial charge in [0.1, 0.15) is 6.61 Å². The molecular weight excluding hydrogens is 326 g/mol. The zero-order valence-corrected chi connectivity index (χ0v) is 14.0. The van der Waals surface area contributed by atoms with Crippen LogP contribution in [0.3, 0.4) is 0 Å². The summed E-state index contributed by atoms with van der Waals surface area (Å²) in [6, 6.07) is 9.23. The van der Waals surface area contributed by atoms with E-state index in [1.54, 1.807) is 4.90 Å². The van der Waals surface area contributed by atoms with E-state index in [1.165, 1.54) is 0 Å². The highest BCUT2D eigenvalue weighted by Gasteiger charge is 2.34. The van der Waals surface area contributed by atoms with Crippen molar-refractivity contribution in [2.45, 2.75) is 32.4 Å². The summed E-state index contributed by atoms with van der Waals surface area (Å²) in [7, 11) is 1.77. The quantitative estimate of drug-likeness (QED) is 0.787. The third-order valence-corrected chi connectivity index (χ3v) is 5.20. The van der Waals surface area contributed by atoms with Crippen LogP contribution in [0.25, 0.3) is 0 Å². The molecule has 1 aromatic carbocycles. The fourth-order valence-corrected chi connectivity index (χ4v) is 4.20.